The van der Waals surface area contributed by atoms with Crippen molar-refractivity contribution in [3.63, 3.8) is 0 Å². The molecule has 1 aliphatic carbocycles. The third kappa shape index (κ3) is 2.22. The summed E-state index contributed by atoms with van der Waals surface area (Å²) in [5.74, 6) is -0.707. The molecular weight excluding hydrogens is 232 g/mol. The molecule has 0 atom stereocenters. The molecule has 0 aliphatic heterocycles. The van der Waals surface area contributed by atoms with E-state index in [2.05, 4.69) is 0 Å². The van der Waals surface area contributed by atoms with Crippen LogP contribution in [0.25, 0.3) is 0 Å². The monoisotopic (exact) mass is 244 g/mol. The summed E-state index contributed by atoms with van der Waals surface area (Å²) >= 11 is 0. The maximum absolute atomic E-state index is 11.8. The second kappa shape index (κ2) is 4.56. The topological polar surface area (TPSA) is 60.4 Å². The molecule has 0 spiro atoms. The van der Waals surface area contributed by atoms with Gasteiger partial charge in [-0.2, -0.15) is 0 Å². The smallest absolute Gasteiger partial charge is 0.302 e. The van der Waals surface area contributed by atoms with Gasteiger partial charge in [0.25, 0.3) is 0 Å². The van der Waals surface area contributed by atoms with Crippen molar-refractivity contribution < 1.29 is 19.1 Å². The van der Waals surface area contributed by atoms with Crippen molar-refractivity contribution in [2.24, 2.45) is 0 Å². The van der Waals surface area contributed by atoms with Crippen LogP contribution in [0.5, 0.6) is 0 Å². The van der Waals surface area contributed by atoms with Gasteiger partial charge < -0.3 is 4.74 Å². The van der Waals surface area contributed by atoms with E-state index in [0.717, 1.165) is 0 Å². The van der Waals surface area contributed by atoms with Gasteiger partial charge >= 0.3 is 5.97 Å². The summed E-state index contributed by atoms with van der Waals surface area (Å²) in [5.41, 5.74) is 1.92. The van der Waals surface area contributed by atoms with Crippen LogP contribution in [-0.4, -0.2) is 17.5 Å². The highest BCUT2D eigenvalue weighted by molar-refractivity contribution is 6.24. The summed E-state index contributed by atoms with van der Waals surface area (Å²) in [5, 5.41) is 0. The van der Waals surface area contributed by atoms with Crippen molar-refractivity contribution in [1.29, 1.82) is 0 Å². The first kappa shape index (κ1) is 12.2. The first-order valence-electron chi connectivity index (χ1n) is 5.52. The number of benzene rings is 1. The first-order valence-corrected chi connectivity index (χ1v) is 5.52. The molecule has 0 radical (unpaired) electrons. The Kier molecular flexibility index (Phi) is 3.10. The Labute approximate surface area is 104 Å². The second-order valence-electron chi connectivity index (χ2n) is 4.18. The summed E-state index contributed by atoms with van der Waals surface area (Å²) in [7, 11) is 0. The van der Waals surface area contributed by atoms with E-state index < -0.39 is 0 Å². The molecule has 18 heavy (non-hydrogen) atoms. The molecule has 4 nitrogen and oxygen atoms in total. The summed E-state index contributed by atoms with van der Waals surface area (Å²) < 4.78 is 4.85. The fraction of sp³-hybridized carbons (Fsp3) is 0.214. The van der Waals surface area contributed by atoms with Gasteiger partial charge in [-0.15, -0.1) is 0 Å². The van der Waals surface area contributed by atoms with Crippen molar-refractivity contribution in [1.82, 2.24) is 0 Å². The lowest BCUT2D eigenvalue weighted by atomic mass is 9.89. The average molecular weight is 244 g/mol. The quantitative estimate of drug-likeness (QED) is 0.747. The highest BCUT2D eigenvalue weighted by Gasteiger charge is 2.23. The van der Waals surface area contributed by atoms with Gasteiger partial charge in [-0.3, -0.25) is 14.4 Å². The second-order valence-corrected chi connectivity index (χ2v) is 4.18. The van der Waals surface area contributed by atoms with Gasteiger partial charge in [-0.1, -0.05) is 6.07 Å². The van der Waals surface area contributed by atoms with Crippen molar-refractivity contribution in [2.75, 3.05) is 0 Å². The predicted molar refractivity (Wildman–Crippen MR) is 64.3 cm³/mol. The summed E-state index contributed by atoms with van der Waals surface area (Å²) in [4.78, 5) is 34.3. The van der Waals surface area contributed by atoms with Crippen molar-refractivity contribution in [3.05, 3.63) is 46.5 Å². The molecule has 1 aromatic carbocycles. The van der Waals surface area contributed by atoms with Gasteiger partial charge in [0.05, 0.1) is 0 Å². The zero-order valence-electron chi connectivity index (χ0n) is 10.1. The Morgan fingerprint density at radius 1 is 1.22 bits per heavy atom. The van der Waals surface area contributed by atoms with Crippen LogP contribution < -0.4 is 0 Å². The molecule has 0 amide bonds. The first-order chi connectivity index (χ1) is 8.49. The van der Waals surface area contributed by atoms with Crippen LogP contribution in [0.3, 0.4) is 0 Å². The molecule has 0 aromatic heterocycles. The molecule has 1 aliphatic rings. The SMILES string of the molecule is CC(=O)OCc1ccc2c(c1)C(=O)C=C(C)C2=O. The fourth-order valence-corrected chi connectivity index (χ4v) is 1.82. The zero-order valence-corrected chi connectivity index (χ0v) is 10.1. The fourth-order valence-electron chi connectivity index (χ4n) is 1.82. The number of ether oxygens (including phenoxy) is 1. The highest BCUT2D eigenvalue weighted by Crippen LogP contribution is 2.22. The maximum Gasteiger partial charge on any atom is 0.302 e. The van der Waals surface area contributed by atoms with Gasteiger partial charge in [-0.05, 0) is 30.7 Å². The number of hydrogen-bond donors (Lipinski definition) is 0. The Morgan fingerprint density at radius 2 is 1.94 bits per heavy atom. The van der Waals surface area contributed by atoms with Crippen LogP contribution in [0.4, 0.5) is 0 Å². The number of fused-ring (bicyclic) bond motifs is 1. The third-order valence-electron chi connectivity index (χ3n) is 2.74. The van der Waals surface area contributed by atoms with E-state index in [4.69, 9.17) is 4.74 Å². The summed E-state index contributed by atoms with van der Waals surface area (Å²) in [6.45, 7) is 3.04. The van der Waals surface area contributed by atoms with Crippen molar-refractivity contribution in [3.8, 4) is 0 Å². The van der Waals surface area contributed by atoms with Crippen molar-refractivity contribution >= 4 is 17.5 Å². The Bertz CT molecular complexity index is 581. The maximum atomic E-state index is 11.8. The summed E-state index contributed by atoms with van der Waals surface area (Å²) in [6.07, 6.45) is 1.33. The molecule has 2 rings (SSSR count). The molecule has 92 valence electrons. The zero-order chi connectivity index (χ0) is 13.3. The van der Waals surface area contributed by atoms with E-state index in [1.807, 2.05) is 0 Å². The molecular formula is C14H12O4. The number of allylic oxidation sites excluding steroid dienone is 2. The summed E-state index contributed by atoms with van der Waals surface area (Å²) in [6, 6.07) is 4.89. The minimum Gasteiger partial charge on any atom is -0.461 e. The number of Topliss-reactive ketones (excluding diaryl/α,β-unsaturated/α-hetero) is 1. The van der Waals surface area contributed by atoms with E-state index in [9.17, 15) is 14.4 Å². The molecule has 0 saturated carbocycles. The molecule has 1 aromatic rings. The van der Waals surface area contributed by atoms with Gasteiger partial charge in [0.15, 0.2) is 11.6 Å². The van der Waals surface area contributed by atoms with Crippen LogP contribution >= 0.6 is 0 Å². The standard InChI is InChI=1S/C14H12O4/c1-8-5-13(16)12-6-10(7-18-9(2)15)3-4-11(12)14(8)17/h3-6H,7H2,1-2H3. The average Bonchev–Trinajstić information content (AvgIpc) is 2.33. The lowest BCUT2D eigenvalue weighted by Crippen LogP contribution is -2.16. The van der Waals surface area contributed by atoms with E-state index in [-0.39, 0.29) is 24.1 Å². The number of ketones is 2. The van der Waals surface area contributed by atoms with E-state index >= 15 is 0 Å². The Morgan fingerprint density at radius 3 is 2.61 bits per heavy atom. The van der Waals surface area contributed by atoms with Crippen LogP contribution in [-0.2, 0) is 16.1 Å². The van der Waals surface area contributed by atoms with Gasteiger partial charge in [-0.25, -0.2) is 0 Å². The lowest BCUT2D eigenvalue weighted by molar-refractivity contribution is -0.142. The number of carbonyl (C=O) groups is 3. The molecule has 0 heterocycles. The Balaban J connectivity index is 2.35. The molecule has 0 saturated heterocycles. The third-order valence-corrected chi connectivity index (χ3v) is 2.74. The lowest BCUT2D eigenvalue weighted by Gasteiger charge is -2.13. The minimum absolute atomic E-state index is 0.104. The number of esters is 1. The predicted octanol–water partition coefficient (Wildman–Crippen LogP) is 2.08. The van der Waals surface area contributed by atoms with Crippen molar-refractivity contribution in [2.45, 2.75) is 20.5 Å². The number of rotatable bonds is 2. The molecule has 0 fully saturated rings. The van der Waals surface area contributed by atoms with Gasteiger partial charge in [0, 0.05) is 23.6 Å². The molecule has 0 unspecified atom stereocenters. The normalized spacial score (nSPS) is 14.0. The number of carbonyl (C=O) groups excluding carboxylic acids is 3. The van der Waals surface area contributed by atoms with Gasteiger partial charge in [0.1, 0.15) is 6.61 Å². The van der Waals surface area contributed by atoms with E-state index in [0.29, 0.717) is 22.3 Å². The largest absolute Gasteiger partial charge is 0.461 e. The van der Waals surface area contributed by atoms with E-state index in [1.54, 1.807) is 25.1 Å². The highest BCUT2D eigenvalue weighted by atomic mass is 16.5. The minimum atomic E-state index is -0.383. The molecule has 0 bridgehead atoms. The molecule has 4 heteroatoms. The molecule has 0 N–H and O–H groups in total. The van der Waals surface area contributed by atoms with Crippen LogP contribution in [0.15, 0.2) is 29.8 Å². The van der Waals surface area contributed by atoms with Crippen LogP contribution in [0.1, 0.15) is 40.1 Å². The van der Waals surface area contributed by atoms with Crippen LogP contribution in [0.2, 0.25) is 0 Å². The van der Waals surface area contributed by atoms with Crippen LogP contribution in [0, 0.1) is 0 Å². The number of hydrogen-bond acceptors (Lipinski definition) is 4. The Hall–Kier alpha value is -2.23. The van der Waals surface area contributed by atoms with Gasteiger partial charge in [0.2, 0.25) is 0 Å². The van der Waals surface area contributed by atoms with E-state index in [1.165, 1.54) is 13.0 Å².